The van der Waals surface area contributed by atoms with Crippen LogP contribution in [-0.2, 0) is 10.0 Å². The number of nitrogens with zero attached hydrogens (tertiary/aromatic N) is 2. The molecular formula is C12H20N4O2S. The Morgan fingerprint density at radius 3 is 2.79 bits per heavy atom. The first-order valence-corrected chi connectivity index (χ1v) is 8.09. The summed E-state index contributed by atoms with van der Waals surface area (Å²) in [5.74, 6) is 0.421. The van der Waals surface area contributed by atoms with Crippen LogP contribution < -0.4 is 10.0 Å². The molecule has 1 aliphatic heterocycles. The molecule has 1 saturated heterocycles. The molecule has 6 nitrogen and oxygen atoms in total. The second-order valence-electron chi connectivity index (χ2n) is 4.86. The van der Waals surface area contributed by atoms with Crippen molar-refractivity contribution in [2.75, 3.05) is 19.6 Å². The molecule has 1 fully saturated rings. The summed E-state index contributed by atoms with van der Waals surface area (Å²) in [6, 6.07) is 0. The molecule has 0 spiro atoms. The molecule has 1 aromatic rings. The van der Waals surface area contributed by atoms with Crippen LogP contribution in [0.5, 0.6) is 0 Å². The third-order valence-electron chi connectivity index (χ3n) is 3.50. The molecule has 0 radical (unpaired) electrons. The van der Waals surface area contributed by atoms with E-state index in [4.69, 9.17) is 0 Å². The number of sulfonamides is 1. The van der Waals surface area contributed by atoms with E-state index in [9.17, 15) is 8.42 Å². The number of hydrogen-bond acceptors (Lipinski definition) is 5. The monoisotopic (exact) mass is 284 g/mol. The van der Waals surface area contributed by atoms with E-state index in [0.717, 1.165) is 25.9 Å². The van der Waals surface area contributed by atoms with Crippen molar-refractivity contribution >= 4 is 10.0 Å². The van der Waals surface area contributed by atoms with Crippen molar-refractivity contribution in [3.8, 4) is 0 Å². The Labute approximate surface area is 114 Å². The topological polar surface area (TPSA) is 84.0 Å². The van der Waals surface area contributed by atoms with Gasteiger partial charge in [0.25, 0.3) is 0 Å². The van der Waals surface area contributed by atoms with Crippen LogP contribution in [0.1, 0.15) is 30.7 Å². The lowest BCUT2D eigenvalue weighted by Crippen LogP contribution is -2.37. The van der Waals surface area contributed by atoms with Gasteiger partial charge in [-0.2, -0.15) is 0 Å². The first kappa shape index (κ1) is 14.4. The first-order chi connectivity index (χ1) is 9.09. The van der Waals surface area contributed by atoms with E-state index in [1.807, 2.05) is 0 Å². The van der Waals surface area contributed by atoms with E-state index in [-0.39, 0.29) is 0 Å². The Balaban J connectivity index is 1.94. The van der Waals surface area contributed by atoms with E-state index >= 15 is 0 Å². The Morgan fingerprint density at radius 2 is 2.16 bits per heavy atom. The minimum Gasteiger partial charge on any atom is -0.317 e. The van der Waals surface area contributed by atoms with Gasteiger partial charge in [0.05, 0.1) is 5.69 Å². The molecule has 2 N–H and O–H groups in total. The number of piperidine rings is 1. The molecule has 0 aromatic carbocycles. The van der Waals surface area contributed by atoms with Crippen LogP contribution >= 0.6 is 0 Å². The molecule has 1 atom stereocenters. The molecule has 2 heterocycles. The molecule has 106 valence electrons. The molecule has 0 unspecified atom stereocenters. The predicted molar refractivity (Wildman–Crippen MR) is 73.0 cm³/mol. The lowest BCUT2D eigenvalue weighted by atomic mass is 9.99. The Hall–Kier alpha value is -1.05. The van der Waals surface area contributed by atoms with Crippen LogP contribution in [0, 0.1) is 5.92 Å². The standard InChI is InChI=1S/C12H20N4O2S/c1-10(12-9-14-6-7-15-12)19(17,18)16-8-11-2-4-13-5-3-11/h6-7,9-11,13,16H,2-5,8H2,1H3/t10-/m1/s1. The summed E-state index contributed by atoms with van der Waals surface area (Å²) in [6.45, 7) is 4.07. The van der Waals surface area contributed by atoms with Gasteiger partial charge in [-0.1, -0.05) is 0 Å². The van der Waals surface area contributed by atoms with Gasteiger partial charge >= 0.3 is 0 Å². The predicted octanol–water partition coefficient (Wildman–Crippen LogP) is 0.457. The molecule has 1 aromatic heterocycles. The first-order valence-electron chi connectivity index (χ1n) is 6.54. The van der Waals surface area contributed by atoms with E-state index < -0.39 is 15.3 Å². The van der Waals surface area contributed by atoms with Crippen LogP contribution in [0.2, 0.25) is 0 Å². The van der Waals surface area contributed by atoms with Gasteiger partial charge in [0, 0.05) is 25.1 Å². The molecule has 0 aliphatic carbocycles. The van der Waals surface area contributed by atoms with E-state index in [0.29, 0.717) is 18.2 Å². The van der Waals surface area contributed by atoms with Crippen LogP contribution in [-0.4, -0.2) is 38.0 Å². The third kappa shape index (κ3) is 3.95. The van der Waals surface area contributed by atoms with Crippen LogP contribution in [0.15, 0.2) is 18.6 Å². The summed E-state index contributed by atoms with van der Waals surface area (Å²) in [4.78, 5) is 7.95. The molecule has 0 saturated carbocycles. The van der Waals surface area contributed by atoms with Gasteiger partial charge in [0.15, 0.2) is 0 Å². The Kier molecular flexibility index (Phi) is 4.84. The van der Waals surface area contributed by atoms with Crippen molar-refractivity contribution in [3.63, 3.8) is 0 Å². The zero-order valence-corrected chi connectivity index (χ0v) is 11.9. The normalized spacial score (nSPS) is 19.2. The molecule has 19 heavy (non-hydrogen) atoms. The molecular weight excluding hydrogens is 264 g/mol. The Morgan fingerprint density at radius 1 is 1.42 bits per heavy atom. The maximum absolute atomic E-state index is 12.2. The number of nitrogens with one attached hydrogen (secondary N) is 2. The van der Waals surface area contributed by atoms with Crippen molar-refractivity contribution < 1.29 is 8.42 Å². The SMILES string of the molecule is C[C@H](c1cnccn1)S(=O)(=O)NCC1CCNCC1. The number of hydrogen-bond donors (Lipinski definition) is 2. The summed E-state index contributed by atoms with van der Waals surface area (Å²) in [5.41, 5.74) is 0.473. The number of rotatable bonds is 5. The smallest absolute Gasteiger partial charge is 0.220 e. The van der Waals surface area contributed by atoms with Crippen molar-refractivity contribution in [2.24, 2.45) is 5.92 Å². The lowest BCUT2D eigenvalue weighted by molar-refractivity contribution is 0.372. The van der Waals surface area contributed by atoms with Crippen molar-refractivity contribution in [3.05, 3.63) is 24.3 Å². The Bertz CT molecular complexity index is 486. The van der Waals surface area contributed by atoms with Gasteiger partial charge < -0.3 is 5.32 Å². The highest BCUT2D eigenvalue weighted by Gasteiger charge is 2.25. The highest BCUT2D eigenvalue weighted by atomic mass is 32.2. The second kappa shape index (κ2) is 6.40. The average molecular weight is 284 g/mol. The quantitative estimate of drug-likeness (QED) is 0.820. The summed E-state index contributed by atoms with van der Waals surface area (Å²) in [6.07, 6.45) is 6.57. The van der Waals surface area contributed by atoms with Gasteiger partial charge in [-0.3, -0.25) is 9.97 Å². The fourth-order valence-electron chi connectivity index (χ4n) is 2.12. The minimum absolute atomic E-state index is 0.421. The fraction of sp³-hybridized carbons (Fsp3) is 0.667. The van der Waals surface area contributed by atoms with E-state index in [1.54, 1.807) is 6.92 Å². The van der Waals surface area contributed by atoms with Gasteiger partial charge in [-0.05, 0) is 38.8 Å². The lowest BCUT2D eigenvalue weighted by Gasteiger charge is -2.23. The van der Waals surface area contributed by atoms with Crippen molar-refractivity contribution in [1.82, 2.24) is 20.0 Å². The highest BCUT2D eigenvalue weighted by molar-refractivity contribution is 7.89. The van der Waals surface area contributed by atoms with E-state index in [1.165, 1.54) is 18.6 Å². The van der Waals surface area contributed by atoms with Crippen LogP contribution in [0.4, 0.5) is 0 Å². The van der Waals surface area contributed by atoms with Crippen LogP contribution in [0.25, 0.3) is 0 Å². The third-order valence-corrected chi connectivity index (χ3v) is 5.24. The summed E-state index contributed by atoms with van der Waals surface area (Å²) >= 11 is 0. The van der Waals surface area contributed by atoms with Crippen molar-refractivity contribution in [1.29, 1.82) is 0 Å². The number of aromatic nitrogens is 2. The highest BCUT2D eigenvalue weighted by Crippen LogP contribution is 2.18. The largest absolute Gasteiger partial charge is 0.317 e. The minimum atomic E-state index is -3.39. The summed E-state index contributed by atoms with van der Waals surface area (Å²) in [5, 5.41) is 2.59. The molecule has 7 heteroatoms. The van der Waals surface area contributed by atoms with Crippen LogP contribution in [0.3, 0.4) is 0 Å². The summed E-state index contributed by atoms with van der Waals surface area (Å²) in [7, 11) is -3.39. The summed E-state index contributed by atoms with van der Waals surface area (Å²) < 4.78 is 27.1. The maximum Gasteiger partial charge on any atom is 0.220 e. The van der Waals surface area contributed by atoms with Gasteiger partial charge in [0.1, 0.15) is 5.25 Å². The van der Waals surface area contributed by atoms with Crippen molar-refractivity contribution in [2.45, 2.75) is 25.0 Å². The molecule has 0 bridgehead atoms. The molecule has 1 aliphatic rings. The second-order valence-corrected chi connectivity index (χ2v) is 6.95. The van der Waals surface area contributed by atoms with E-state index in [2.05, 4.69) is 20.0 Å². The van der Waals surface area contributed by atoms with Gasteiger partial charge in [-0.25, -0.2) is 13.1 Å². The van der Waals surface area contributed by atoms with Gasteiger partial charge in [0.2, 0.25) is 10.0 Å². The van der Waals surface area contributed by atoms with Gasteiger partial charge in [-0.15, -0.1) is 0 Å². The average Bonchev–Trinajstić information content (AvgIpc) is 2.46. The molecule has 2 rings (SSSR count). The zero-order valence-electron chi connectivity index (χ0n) is 11.0. The molecule has 0 amide bonds. The fourth-order valence-corrected chi connectivity index (χ4v) is 3.28. The maximum atomic E-state index is 12.2. The zero-order chi connectivity index (χ0) is 13.7.